The topological polar surface area (TPSA) is 149 Å². The Balaban J connectivity index is 2.17. The average Bonchev–Trinajstić information content (AvgIpc) is 3.31. The highest BCUT2D eigenvalue weighted by Crippen LogP contribution is 2.24. The van der Waals surface area contributed by atoms with E-state index in [0.717, 1.165) is 27.5 Å². The molecule has 12 heteroatoms. The summed E-state index contributed by atoms with van der Waals surface area (Å²) in [7, 11) is -2.20. The SMILES string of the molecule is CC(C)C[C@H](NC(=O)c1csc(N(C)S(C)(=O)=O)n1)[C@@H](O)[C@H](O)[C@H](C(=O)NCc1ccccc1)C(C)C. The molecule has 1 aromatic heterocycles. The second-order valence-corrected chi connectivity index (χ2v) is 12.8. The van der Waals surface area contributed by atoms with E-state index in [1.807, 2.05) is 44.2 Å². The third-order valence-electron chi connectivity index (χ3n) is 5.99. The number of carbonyl (C=O) groups is 2. The Morgan fingerprint density at radius 2 is 1.70 bits per heavy atom. The zero-order chi connectivity index (χ0) is 27.9. The molecule has 0 aliphatic carbocycles. The number of aliphatic hydroxyl groups excluding tert-OH is 2. The molecule has 0 aliphatic rings. The molecular weight excluding hydrogens is 516 g/mol. The number of nitrogens with zero attached hydrogens (tertiary/aromatic N) is 2. The van der Waals surface area contributed by atoms with Gasteiger partial charge >= 0.3 is 0 Å². The van der Waals surface area contributed by atoms with Gasteiger partial charge in [-0.2, -0.15) is 0 Å². The Bertz CT molecular complexity index is 1140. The normalized spacial score (nSPS) is 15.2. The van der Waals surface area contributed by atoms with Gasteiger partial charge in [0.1, 0.15) is 11.8 Å². The van der Waals surface area contributed by atoms with Crippen LogP contribution < -0.4 is 14.9 Å². The molecule has 206 valence electrons. The first-order valence-electron chi connectivity index (χ1n) is 12.1. The summed E-state index contributed by atoms with van der Waals surface area (Å²) in [4.78, 5) is 30.0. The van der Waals surface area contributed by atoms with E-state index in [-0.39, 0.29) is 29.2 Å². The molecule has 10 nitrogen and oxygen atoms in total. The highest BCUT2D eigenvalue weighted by atomic mass is 32.2. The number of amides is 2. The van der Waals surface area contributed by atoms with Gasteiger partial charge in [-0.05, 0) is 23.8 Å². The molecule has 1 aromatic carbocycles. The maximum Gasteiger partial charge on any atom is 0.271 e. The molecule has 0 saturated carbocycles. The second kappa shape index (κ2) is 13.3. The van der Waals surface area contributed by atoms with Crippen molar-refractivity contribution >= 4 is 38.3 Å². The number of sulfonamides is 1. The Kier molecular flexibility index (Phi) is 11.0. The first-order chi connectivity index (χ1) is 17.2. The van der Waals surface area contributed by atoms with E-state index in [1.165, 1.54) is 12.4 Å². The monoisotopic (exact) mass is 554 g/mol. The van der Waals surface area contributed by atoms with Gasteiger partial charge in [0.05, 0.1) is 24.3 Å². The number of benzene rings is 1. The molecule has 0 spiro atoms. The minimum absolute atomic E-state index is 0.00744. The lowest BCUT2D eigenvalue weighted by Crippen LogP contribution is -2.54. The van der Waals surface area contributed by atoms with Gasteiger partial charge in [-0.15, -0.1) is 11.3 Å². The largest absolute Gasteiger partial charge is 0.390 e. The van der Waals surface area contributed by atoms with E-state index >= 15 is 0 Å². The van der Waals surface area contributed by atoms with Gasteiger partial charge in [0, 0.05) is 19.0 Å². The summed E-state index contributed by atoms with van der Waals surface area (Å²) in [6.07, 6.45) is -1.51. The van der Waals surface area contributed by atoms with Crippen LogP contribution >= 0.6 is 11.3 Å². The van der Waals surface area contributed by atoms with Gasteiger partial charge in [-0.25, -0.2) is 17.7 Å². The first kappa shape index (κ1) is 30.7. The molecule has 0 bridgehead atoms. The number of thiazole rings is 1. The van der Waals surface area contributed by atoms with Gasteiger partial charge in [0.25, 0.3) is 5.91 Å². The van der Waals surface area contributed by atoms with Crippen LogP contribution in [0.15, 0.2) is 35.7 Å². The van der Waals surface area contributed by atoms with Gasteiger partial charge in [0.2, 0.25) is 15.9 Å². The zero-order valence-corrected chi connectivity index (χ0v) is 23.7. The molecule has 0 radical (unpaired) electrons. The Morgan fingerprint density at radius 3 is 2.24 bits per heavy atom. The highest BCUT2D eigenvalue weighted by Gasteiger charge is 2.39. The molecule has 0 fully saturated rings. The summed E-state index contributed by atoms with van der Waals surface area (Å²) in [5.41, 5.74) is 0.898. The van der Waals surface area contributed by atoms with Crippen LogP contribution in [0.2, 0.25) is 0 Å². The number of hydrogen-bond donors (Lipinski definition) is 4. The van der Waals surface area contributed by atoms with Crippen molar-refractivity contribution < 1.29 is 28.2 Å². The standard InChI is InChI=1S/C25H38N4O6S2/c1-15(2)12-18(27-23(32)19-14-36-25(28-19)29(5)37(6,34)35)21(30)22(31)20(16(3)4)24(33)26-13-17-10-8-7-9-11-17/h7-11,14-16,18,20-22,30-31H,12-13H2,1-6H3,(H,26,33)(H,27,32)/t18-,20+,21+,22+/m0/s1. The van der Waals surface area contributed by atoms with Gasteiger partial charge in [-0.3, -0.25) is 9.59 Å². The summed E-state index contributed by atoms with van der Waals surface area (Å²) in [6, 6.07) is 8.49. The number of hydrogen-bond acceptors (Lipinski definition) is 8. The lowest BCUT2D eigenvalue weighted by molar-refractivity contribution is -0.136. The minimum atomic E-state index is -3.54. The predicted octanol–water partition coefficient (Wildman–Crippen LogP) is 1.99. The van der Waals surface area contributed by atoms with E-state index in [2.05, 4.69) is 15.6 Å². The number of carbonyl (C=O) groups excluding carboxylic acids is 2. The van der Waals surface area contributed by atoms with Crippen molar-refractivity contribution in [1.82, 2.24) is 15.6 Å². The molecule has 2 rings (SSSR count). The fourth-order valence-corrected chi connectivity index (χ4v) is 5.43. The molecule has 0 aliphatic heterocycles. The quantitative estimate of drug-likeness (QED) is 0.296. The maximum atomic E-state index is 13.0. The van der Waals surface area contributed by atoms with Crippen LogP contribution in [0.1, 0.15) is 50.2 Å². The van der Waals surface area contributed by atoms with Gasteiger partial charge in [-0.1, -0.05) is 58.0 Å². The fraction of sp³-hybridized carbons (Fsp3) is 0.560. The molecule has 2 amide bonds. The molecule has 37 heavy (non-hydrogen) atoms. The van der Waals surface area contributed by atoms with Crippen molar-refractivity contribution in [2.24, 2.45) is 17.8 Å². The summed E-state index contributed by atoms with van der Waals surface area (Å²) in [5.74, 6) is -2.16. The summed E-state index contributed by atoms with van der Waals surface area (Å²) >= 11 is 0.995. The van der Waals surface area contributed by atoms with Crippen molar-refractivity contribution in [3.8, 4) is 0 Å². The average molecular weight is 555 g/mol. The molecule has 0 unspecified atom stereocenters. The molecule has 2 aromatic rings. The van der Waals surface area contributed by atoms with Crippen LogP contribution in [-0.4, -0.2) is 67.0 Å². The van der Waals surface area contributed by atoms with Crippen molar-refractivity contribution in [2.75, 3.05) is 17.6 Å². The third kappa shape index (κ3) is 8.77. The lowest BCUT2D eigenvalue weighted by Gasteiger charge is -2.34. The summed E-state index contributed by atoms with van der Waals surface area (Å²) in [5, 5.41) is 29.3. The van der Waals surface area contributed by atoms with E-state index in [4.69, 9.17) is 0 Å². The van der Waals surface area contributed by atoms with E-state index in [1.54, 1.807) is 13.8 Å². The molecule has 0 saturated heterocycles. The smallest absolute Gasteiger partial charge is 0.271 e. The van der Waals surface area contributed by atoms with Crippen molar-refractivity contribution in [3.63, 3.8) is 0 Å². The number of aliphatic hydroxyl groups is 2. The third-order valence-corrected chi connectivity index (χ3v) is 8.19. The number of anilines is 1. The van der Waals surface area contributed by atoms with E-state index < -0.39 is 46.0 Å². The molecule has 4 atom stereocenters. The second-order valence-electron chi connectivity index (χ2n) is 9.91. The number of rotatable bonds is 13. The Hall–Kier alpha value is -2.54. The van der Waals surface area contributed by atoms with Crippen LogP contribution in [0.25, 0.3) is 0 Å². The predicted molar refractivity (Wildman–Crippen MR) is 145 cm³/mol. The molecular formula is C25H38N4O6S2. The first-order valence-corrected chi connectivity index (χ1v) is 14.8. The Labute approximate surface area is 223 Å². The van der Waals surface area contributed by atoms with Crippen molar-refractivity contribution in [3.05, 3.63) is 47.0 Å². The van der Waals surface area contributed by atoms with E-state index in [9.17, 15) is 28.2 Å². The van der Waals surface area contributed by atoms with Crippen LogP contribution in [0, 0.1) is 17.8 Å². The van der Waals surface area contributed by atoms with Crippen LogP contribution in [0.5, 0.6) is 0 Å². The number of nitrogens with one attached hydrogen (secondary N) is 2. The molecule has 1 heterocycles. The fourth-order valence-electron chi connectivity index (χ4n) is 3.89. The lowest BCUT2D eigenvalue weighted by atomic mass is 9.83. The van der Waals surface area contributed by atoms with Crippen LogP contribution in [0.3, 0.4) is 0 Å². The van der Waals surface area contributed by atoms with Crippen molar-refractivity contribution in [1.29, 1.82) is 0 Å². The van der Waals surface area contributed by atoms with E-state index in [0.29, 0.717) is 6.42 Å². The van der Waals surface area contributed by atoms with Crippen molar-refractivity contribution in [2.45, 2.75) is 58.9 Å². The zero-order valence-electron chi connectivity index (χ0n) is 22.1. The van der Waals surface area contributed by atoms with Crippen LogP contribution in [-0.2, 0) is 21.4 Å². The summed E-state index contributed by atoms with van der Waals surface area (Å²) in [6.45, 7) is 7.67. The minimum Gasteiger partial charge on any atom is -0.390 e. The van der Waals surface area contributed by atoms with Crippen LogP contribution in [0.4, 0.5) is 5.13 Å². The van der Waals surface area contributed by atoms with Gasteiger partial charge in [0.15, 0.2) is 5.13 Å². The summed E-state index contributed by atoms with van der Waals surface area (Å²) < 4.78 is 24.5. The Morgan fingerprint density at radius 1 is 1.08 bits per heavy atom. The maximum absolute atomic E-state index is 13.0. The van der Waals surface area contributed by atoms with Gasteiger partial charge < -0.3 is 20.8 Å². The highest BCUT2D eigenvalue weighted by molar-refractivity contribution is 7.92. The molecule has 4 N–H and O–H groups in total. The number of aromatic nitrogens is 1.